The van der Waals surface area contributed by atoms with Gasteiger partial charge in [0.25, 0.3) is 0 Å². The van der Waals surface area contributed by atoms with Crippen molar-refractivity contribution in [1.29, 1.82) is 0 Å². The molecule has 0 aliphatic carbocycles. The summed E-state index contributed by atoms with van der Waals surface area (Å²) in [6, 6.07) is 6.15. The van der Waals surface area contributed by atoms with Gasteiger partial charge in [-0.25, -0.2) is 14.3 Å². The predicted molar refractivity (Wildman–Crippen MR) is 176 cm³/mol. The molecule has 0 aromatic carbocycles. The highest BCUT2D eigenvalue weighted by atomic mass is 16.6. The third-order valence-electron chi connectivity index (χ3n) is 9.12. The van der Waals surface area contributed by atoms with Crippen molar-refractivity contribution in [2.24, 2.45) is 5.41 Å². The molecule has 2 aliphatic heterocycles. The first-order valence-corrected chi connectivity index (χ1v) is 16.3. The first-order valence-electron chi connectivity index (χ1n) is 16.3. The number of carbonyl (C=O) groups is 2. The second-order valence-corrected chi connectivity index (χ2v) is 13.4. The number of esters is 1. The van der Waals surface area contributed by atoms with E-state index in [4.69, 9.17) is 14.5 Å². The Bertz CT molecular complexity index is 1670. The van der Waals surface area contributed by atoms with E-state index < -0.39 is 23.0 Å². The van der Waals surface area contributed by atoms with Crippen molar-refractivity contribution >= 4 is 34.4 Å². The summed E-state index contributed by atoms with van der Waals surface area (Å²) in [5.74, 6) is 1.07. The van der Waals surface area contributed by atoms with Crippen molar-refractivity contribution in [2.45, 2.75) is 53.0 Å². The highest BCUT2D eigenvalue weighted by Crippen LogP contribution is 2.34. The minimum absolute atomic E-state index is 0.511. The van der Waals surface area contributed by atoms with Gasteiger partial charge in [-0.05, 0) is 65.3 Å². The zero-order valence-electron chi connectivity index (χ0n) is 27.5. The van der Waals surface area contributed by atoms with E-state index >= 15 is 0 Å². The van der Waals surface area contributed by atoms with Gasteiger partial charge in [0.15, 0.2) is 5.65 Å². The lowest BCUT2D eigenvalue weighted by Crippen LogP contribution is -2.62. The first kappa shape index (κ1) is 31.7. The number of rotatable bonds is 8. The number of fused-ring (bicyclic) bond motifs is 3. The number of ether oxygens (including phenoxy) is 2. The zero-order valence-corrected chi connectivity index (χ0v) is 27.5. The maximum Gasteiger partial charge on any atom is 0.415 e. The molecule has 0 unspecified atom stereocenters. The first-order chi connectivity index (χ1) is 22.1. The summed E-state index contributed by atoms with van der Waals surface area (Å²) in [5.41, 5.74) is 2.28. The summed E-state index contributed by atoms with van der Waals surface area (Å²) in [6.07, 6.45) is 6.29. The van der Waals surface area contributed by atoms with E-state index in [1.54, 1.807) is 27.0 Å². The zero-order chi connectivity index (χ0) is 32.5. The summed E-state index contributed by atoms with van der Waals surface area (Å²) in [5, 5.41) is 15.8. The monoisotopic (exact) mass is 631 g/mol. The van der Waals surface area contributed by atoms with Crippen molar-refractivity contribution < 1.29 is 19.1 Å². The maximum absolute atomic E-state index is 13.0. The van der Waals surface area contributed by atoms with E-state index in [0.29, 0.717) is 44.7 Å². The van der Waals surface area contributed by atoms with Gasteiger partial charge in [-0.2, -0.15) is 5.10 Å². The summed E-state index contributed by atoms with van der Waals surface area (Å²) in [4.78, 5) is 37.5. The molecule has 246 valence electrons. The molecule has 4 aromatic rings. The van der Waals surface area contributed by atoms with Crippen molar-refractivity contribution in [3.63, 3.8) is 0 Å². The Hall–Kier alpha value is -4.23. The molecule has 1 amide bonds. The van der Waals surface area contributed by atoms with Crippen LogP contribution in [0.5, 0.6) is 5.75 Å². The average molecular weight is 632 g/mol. The third kappa shape index (κ3) is 6.66. The Morgan fingerprint density at radius 2 is 1.76 bits per heavy atom. The van der Waals surface area contributed by atoms with Gasteiger partial charge in [-0.15, -0.1) is 5.10 Å². The van der Waals surface area contributed by atoms with Crippen LogP contribution in [-0.2, 0) is 9.53 Å². The highest BCUT2D eigenvalue weighted by Gasteiger charge is 2.40. The van der Waals surface area contributed by atoms with Crippen LogP contribution in [0.2, 0.25) is 0 Å². The van der Waals surface area contributed by atoms with Gasteiger partial charge in [0, 0.05) is 63.1 Å². The molecule has 13 heteroatoms. The number of piperazine rings is 1. The van der Waals surface area contributed by atoms with Crippen molar-refractivity contribution in [3.8, 4) is 16.9 Å². The third-order valence-corrected chi connectivity index (χ3v) is 9.12. The molecular formula is C33H45N9O4. The van der Waals surface area contributed by atoms with Gasteiger partial charge in [-0.1, -0.05) is 6.92 Å². The summed E-state index contributed by atoms with van der Waals surface area (Å²) in [7, 11) is 0. The summed E-state index contributed by atoms with van der Waals surface area (Å²) >= 11 is 0. The quantitative estimate of drug-likeness (QED) is 0.218. The number of aromatic amines is 1. The molecule has 2 N–H and O–H groups in total. The van der Waals surface area contributed by atoms with Crippen LogP contribution in [0, 0.1) is 5.41 Å². The molecular weight excluding hydrogens is 586 g/mol. The van der Waals surface area contributed by atoms with E-state index in [1.165, 1.54) is 0 Å². The Balaban J connectivity index is 1.19. The van der Waals surface area contributed by atoms with Gasteiger partial charge in [0.05, 0.1) is 40.9 Å². The van der Waals surface area contributed by atoms with E-state index in [-0.39, 0.29) is 0 Å². The second kappa shape index (κ2) is 12.9. The van der Waals surface area contributed by atoms with Crippen LogP contribution in [-0.4, -0.2) is 111 Å². The number of likely N-dealkylation sites (N-methyl/N-ethyl adjacent to an activating group) is 1. The lowest BCUT2D eigenvalue weighted by atomic mass is 9.86. The molecule has 4 aromatic heterocycles. The normalized spacial score (nSPS) is 17.8. The molecule has 2 aliphatic rings. The molecule has 13 nitrogen and oxygen atoms in total. The molecule has 0 spiro atoms. The van der Waals surface area contributed by atoms with Gasteiger partial charge in [0.2, 0.25) is 0 Å². The average Bonchev–Trinajstić information content (AvgIpc) is 3.63. The van der Waals surface area contributed by atoms with E-state index in [9.17, 15) is 9.59 Å². The Morgan fingerprint density at radius 1 is 1.02 bits per heavy atom. The number of piperidine rings is 1. The second-order valence-electron chi connectivity index (χ2n) is 13.4. The Morgan fingerprint density at radius 3 is 2.41 bits per heavy atom. The summed E-state index contributed by atoms with van der Waals surface area (Å²) in [6.45, 7) is 17.0. The minimum Gasteiger partial charge on any atom is -0.492 e. The number of hydrogen-bond acceptors (Lipinski definition) is 10. The smallest absolute Gasteiger partial charge is 0.415 e. The highest BCUT2D eigenvalue weighted by molar-refractivity contribution is 6.01. The van der Waals surface area contributed by atoms with Crippen LogP contribution in [0.15, 0.2) is 36.8 Å². The van der Waals surface area contributed by atoms with Crippen LogP contribution in [0.25, 0.3) is 27.7 Å². The molecule has 2 fully saturated rings. The largest absolute Gasteiger partial charge is 0.492 e. The number of alkyl carbamates (subject to hydrolysis) is 1. The number of pyridine rings is 2. The molecule has 6 heterocycles. The van der Waals surface area contributed by atoms with Gasteiger partial charge in [-0.3, -0.25) is 14.8 Å². The standard InChI is InChI=1S/C33H45N9O4/c1-6-39-14-16-40(17-15-39)22-33(36-31(44)46-30(43)32(3,4)5)10-12-41(13-11-33)27-9-8-23(19-34-27)25-18-24(45-7-2)21-42-28(25)26-20-35-37-29(26)38-42/h8-9,18-21H,6-7,10-17,22H2,1-5H3,(H,36,44)(H,37,38). The Kier molecular flexibility index (Phi) is 8.88. The number of carbonyl (C=O) groups excluding carboxylic acids is 2. The molecule has 46 heavy (non-hydrogen) atoms. The molecule has 2 saturated heterocycles. The predicted octanol–water partition coefficient (Wildman–Crippen LogP) is 3.95. The van der Waals surface area contributed by atoms with Gasteiger partial charge < -0.3 is 24.6 Å². The van der Waals surface area contributed by atoms with E-state index in [2.05, 4.69) is 48.3 Å². The number of amides is 1. The molecule has 6 rings (SSSR count). The molecule has 0 bridgehead atoms. The number of anilines is 1. The lowest BCUT2D eigenvalue weighted by Gasteiger charge is -2.46. The van der Waals surface area contributed by atoms with E-state index in [1.807, 2.05) is 36.0 Å². The SMILES string of the molecule is CCOc1cc(-c2ccc(N3CCC(CN4CCN(CC)CC4)(NC(=O)OC(=O)C(C)(C)C)CC3)nc2)c2c3cn[nH]c3nn2c1. The topological polar surface area (TPSA) is 133 Å². The number of nitrogens with one attached hydrogen (secondary N) is 2. The molecule has 0 atom stereocenters. The fourth-order valence-corrected chi connectivity index (χ4v) is 6.40. The number of nitrogens with zero attached hydrogens (tertiary/aromatic N) is 7. The Labute approximate surface area is 269 Å². The molecule has 0 saturated carbocycles. The van der Waals surface area contributed by atoms with Crippen LogP contribution in [0.4, 0.5) is 10.6 Å². The lowest BCUT2D eigenvalue weighted by molar-refractivity contribution is -0.146. The van der Waals surface area contributed by atoms with Crippen molar-refractivity contribution in [2.75, 3.05) is 63.9 Å². The summed E-state index contributed by atoms with van der Waals surface area (Å²) < 4.78 is 12.9. The number of aromatic nitrogens is 5. The van der Waals surface area contributed by atoms with Crippen molar-refractivity contribution in [1.82, 2.24) is 39.9 Å². The van der Waals surface area contributed by atoms with Crippen LogP contribution in [0.1, 0.15) is 47.5 Å². The van der Waals surface area contributed by atoms with Gasteiger partial charge >= 0.3 is 12.1 Å². The number of hydrogen-bond donors (Lipinski definition) is 2. The van der Waals surface area contributed by atoms with Gasteiger partial charge in [0.1, 0.15) is 11.6 Å². The minimum atomic E-state index is -0.763. The van der Waals surface area contributed by atoms with Crippen LogP contribution < -0.4 is 15.0 Å². The van der Waals surface area contributed by atoms with Crippen molar-refractivity contribution in [3.05, 3.63) is 36.8 Å². The van der Waals surface area contributed by atoms with Crippen LogP contribution in [0.3, 0.4) is 0 Å². The van der Waals surface area contributed by atoms with E-state index in [0.717, 1.165) is 66.3 Å². The fourth-order valence-electron chi connectivity index (χ4n) is 6.40. The van der Waals surface area contributed by atoms with Crippen LogP contribution >= 0.6 is 0 Å². The molecule has 0 radical (unpaired) electrons. The maximum atomic E-state index is 13.0. The fraction of sp³-hybridized carbons (Fsp3) is 0.545. The number of H-pyrrole nitrogens is 1.